The van der Waals surface area contributed by atoms with Gasteiger partial charge in [-0.05, 0) is 12.8 Å². The highest BCUT2D eigenvalue weighted by atomic mass is 16.5. The van der Waals surface area contributed by atoms with Gasteiger partial charge in [0.05, 0.1) is 19.8 Å². The van der Waals surface area contributed by atoms with Gasteiger partial charge in [0, 0.05) is 19.1 Å². The molecule has 1 aliphatic heterocycles. The molecule has 0 aromatic carbocycles. The predicted octanol–water partition coefficient (Wildman–Crippen LogP) is 1.01. The molecule has 94 valence electrons. The Morgan fingerprint density at radius 1 is 1.38 bits per heavy atom. The normalized spacial score (nSPS) is 18.5. The molecule has 0 bridgehead atoms. The third kappa shape index (κ3) is 4.49. The van der Waals surface area contributed by atoms with Crippen molar-refractivity contribution >= 4 is 5.91 Å². The molecule has 1 N–H and O–H groups in total. The van der Waals surface area contributed by atoms with E-state index in [1.165, 1.54) is 0 Å². The van der Waals surface area contributed by atoms with Crippen LogP contribution in [0.15, 0.2) is 0 Å². The standard InChI is InChI=1S/C12H24N2O2/c1-3-5-11(4-2)13-10-12(15)14-6-8-16-9-7-14/h11,13H,3-10H2,1-2H3. The Labute approximate surface area is 98.3 Å². The van der Waals surface area contributed by atoms with Crippen molar-refractivity contribution in [3.05, 3.63) is 0 Å². The first-order chi connectivity index (χ1) is 7.77. The van der Waals surface area contributed by atoms with Crippen molar-refractivity contribution in [2.45, 2.75) is 39.2 Å². The van der Waals surface area contributed by atoms with Crippen LogP contribution in [0.1, 0.15) is 33.1 Å². The summed E-state index contributed by atoms with van der Waals surface area (Å²) in [7, 11) is 0. The summed E-state index contributed by atoms with van der Waals surface area (Å²) < 4.78 is 5.22. The molecule has 1 saturated heterocycles. The number of hydrogen-bond donors (Lipinski definition) is 1. The van der Waals surface area contributed by atoms with Crippen LogP contribution in [-0.4, -0.2) is 49.7 Å². The molecular weight excluding hydrogens is 204 g/mol. The molecule has 1 atom stereocenters. The summed E-state index contributed by atoms with van der Waals surface area (Å²) in [5.41, 5.74) is 0. The SMILES string of the molecule is CCCC(CC)NCC(=O)N1CCOCC1. The lowest BCUT2D eigenvalue weighted by molar-refractivity contribution is -0.134. The van der Waals surface area contributed by atoms with E-state index in [9.17, 15) is 4.79 Å². The maximum atomic E-state index is 11.8. The number of carbonyl (C=O) groups is 1. The Balaban J connectivity index is 2.22. The van der Waals surface area contributed by atoms with Gasteiger partial charge < -0.3 is 15.0 Å². The van der Waals surface area contributed by atoms with E-state index in [0.29, 0.717) is 25.8 Å². The van der Waals surface area contributed by atoms with Crippen LogP contribution in [0.2, 0.25) is 0 Å². The fraction of sp³-hybridized carbons (Fsp3) is 0.917. The molecule has 4 heteroatoms. The topological polar surface area (TPSA) is 41.6 Å². The molecule has 0 aromatic rings. The number of hydrogen-bond acceptors (Lipinski definition) is 3. The van der Waals surface area contributed by atoms with Crippen molar-refractivity contribution in [2.75, 3.05) is 32.8 Å². The average Bonchev–Trinajstić information content (AvgIpc) is 2.35. The minimum Gasteiger partial charge on any atom is -0.378 e. The second kappa shape index (κ2) is 7.63. The first-order valence-electron chi connectivity index (χ1n) is 6.36. The Kier molecular flexibility index (Phi) is 6.42. The van der Waals surface area contributed by atoms with Crippen LogP contribution in [0, 0.1) is 0 Å². The molecule has 0 spiro atoms. The Morgan fingerprint density at radius 2 is 2.06 bits per heavy atom. The highest BCUT2D eigenvalue weighted by Crippen LogP contribution is 2.01. The molecule has 1 amide bonds. The largest absolute Gasteiger partial charge is 0.378 e. The Morgan fingerprint density at radius 3 is 2.62 bits per heavy atom. The third-order valence-corrected chi connectivity index (χ3v) is 3.04. The number of morpholine rings is 1. The fourth-order valence-electron chi connectivity index (χ4n) is 1.96. The lowest BCUT2D eigenvalue weighted by atomic mass is 10.1. The third-order valence-electron chi connectivity index (χ3n) is 3.04. The molecule has 0 aromatic heterocycles. The molecule has 1 rings (SSSR count). The van der Waals surface area contributed by atoms with Crippen molar-refractivity contribution in [2.24, 2.45) is 0 Å². The van der Waals surface area contributed by atoms with Gasteiger partial charge in [0.15, 0.2) is 0 Å². The van der Waals surface area contributed by atoms with E-state index in [1.807, 2.05) is 4.90 Å². The zero-order chi connectivity index (χ0) is 11.8. The van der Waals surface area contributed by atoms with E-state index < -0.39 is 0 Å². The minimum absolute atomic E-state index is 0.206. The summed E-state index contributed by atoms with van der Waals surface area (Å²) in [5.74, 6) is 0.206. The molecule has 1 heterocycles. The summed E-state index contributed by atoms with van der Waals surface area (Å²) in [6, 6.07) is 0.481. The molecule has 1 unspecified atom stereocenters. The van der Waals surface area contributed by atoms with Gasteiger partial charge in [0.1, 0.15) is 0 Å². The molecule has 4 nitrogen and oxygen atoms in total. The van der Waals surface area contributed by atoms with Gasteiger partial charge in [-0.2, -0.15) is 0 Å². The second-order valence-electron chi connectivity index (χ2n) is 4.27. The Hall–Kier alpha value is -0.610. The quantitative estimate of drug-likeness (QED) is 0.738. The van der Waals surface area contributed by atoms with E-state index in [-0.39, 0.29) is 5.91 Å². The maximum Gasteiger partial charge on any atom is 0.236 e. The van der Waals surface area contributed by atoms with Crippen LogP contribution in [0.25, 0.3) is 0 Å². The predicted molar refractivity (Wildman–Crippen MR) is 64.4 cm³/mol. The highest BCUT2D eigenvalue weighted by molar-refractivity contribution is 5.78. The molecule has 0 radical (unpaired) electrons. The van der Waals surface area contributed by atoms with Gasteiger partial charge in [-0.15, -0.1) is 0 Å². The number of nitrogens with one attached hydrogen (secondary N) is 1. The lowest BCUT2D eigenvalue weighted by Gasteiger charge is -2.27. The zero-order valence-corrected chi connectivity index (χ0v) is 10.5. The van der Waals surface area contributed by atoms with Gasteiger partial charge in [0.25, 0.3) is 0 Å². The van der Waals surface area contributed by atoms with Crippen LogP contribution in [0.5, 0.6) is 0 Å². The number of rotatable bonds is 6. The zero-order valence-electron chi connectivity index (χ0n) is 10.5. The monoisotopic (exact) mass is 228 g/mol. The van der Waals surface area contributed by atoms with Crippen LogP contribution in [0.3, 0.4) is 0 Å². The van der Waals surface area contributed by atoms with E-state index in [1.54, 1.807) is 0 Å². The van der Waals surface area contributed by atoms with Gasteiger partial charge in [-0.1, -0.05) is 20.3 Å². The average molecular weight is 228 g/mol. The minimum atomic E-state index is 0.206. The van der Waals surface area contributed by atoms with Gasteiger partial charge >= 0.3 is 0 Å². The van der Waals surface area contributed by atoms with Gasteiger partial charge in [-0.3, -0.25) is 4.79 Å². The molecule has 1 fully saturated rings. The van der Waals surface area contributed by atoms with E-state index in [2.05, 4.69) is 19.2 Å². The first kappa shape index (κ1) is 13.5. The van der Waals surface area contributed by atoms with Crippen molar-refractivity contribution in [3.8, 4) is 0 Å². The van der Waals surface area contributed by atoms with Crippen LogP contribution in [-0.2, 0) is 9.53 Å². The second-order valence-corrected chi connectivity index (χ2v) is 4.27. The highest BCUT2D eigenvalue weighted by Gasteiger charge is 2.17. The van der Waals surface area contributed by atoms with E-state index >= 15 is 0 Å². The van der Waals surface area contributed by atoms with Crippen LogP contribution in [0.4, 0.5) is 0 Å². The number of ether oxygens (including phenoxy) is 1. The van der Waals surface area contributed by atoms with Crippen LogP contribution < -0.4 is 5.32 Å². The summed E-state index contributed by atoms with van der Waals surface area (Å²) in [4.78, 5) is 13.7. The molecule has 0 aliphatic carbocycles. The molecule has 16 heavy (non-hydrogen) atoms. The van der Waals surface area contributed by atoms with Crippen molar-refractivity contribution in [3.63, 3.8) is 0 Å². The summed E-state index contributed by atoms with van der Waals surface area (Å²) in [6.45, 7) is 7.64. The maximum absolute atomic E-state index is 11.8. The lowest BCUT2D eigenvalue weighted by Crippen LogP contribution is -2.46. The molecular formula is C12H24N2O2. The van der Waals surface area contributed by atoms with Gasteiger partial charge in [-0.25, -0.2) is 0 Å². The van der Waals surface area contributed by atoms with E-state index in [0.717, 1.165) is 32.4 Å². The van der Waals surface area contributed by atoms with Crippen molar-refractivity contribution in [1.82, 2.24) is 10.2 Å². The van der Waals surface area contributed by atoms with Crippen molar-refractivity contribution in [1.29, 1.82) is 0 Å². The van der Waals surface area contributed by atoms with E-state index in [4.69, 9.17) is 4.74 Å². The van der Waals surface area contributed by atoms with Gasteiger partial charge in [0.2, 0.25) is 5.91 Å². The summed E-state index contributed by atoms with van der Waals surface area (Å²) >= 11 is 0. The summed E-state index contributed by atoms with van der Waals surface area (Å²) in [5, 5.41) is 3.34. The van der Waals surface area contributed by atoms with Crippen molar-refractivity contribution < 1.29 is 9.53 Å². The molecule has 1 aliphatic rings. The Bertz CT molecular complexity index is 203. The first-order valence-corrected chi connectivity index (χ1v) is 6.36. The fourth-order valence-corrected chi connectivity index (χ4v) is 1.96. The number of carbonyl (C=O) groups excluding carboxylic acids is 1. The summed E-state index contributed by atoms with van der Waals surface area (Å²) in [6.07, 6.45) is 3.40. The van der Waals surface area contributed by atoms with Crippen LogP contribution >= 0.6 is 0 Å². The number of amides is 1. The molecule has 0 saturated carbocycles. The smallest absolute Gasteiger partial charge is 0.236 e. The number of nitrogens with zero attached hydrogens (tertiary/aromatic N) is 1.